The molecule has 0 aliphatic carbocycles. The number of benzene rings is 2. The monoisotopic (exact) mass is 402 g/mol. The van der Waals surface area contributed by atoms with Crippen LogP contribution in [-0.2, 0) is 10.2 Å². The third kappa shape index (κ3) is 3.74. The van der Waals surface area contributed by atoms with Crippen molar-refractivity contribution in [3.05, 3.63) is 83.0 Å². The molecule has 2 aromatic carbocycles. The molecule has 1 saturated heterocycles. The average molecular weight is 402 g/mol. The van der Waals surface area contributed by atoms with Crippen molar-refractivity contribution in [1.29, 1.82) is 0 Å². The number of ketones is 1. The lowest BCUT2D eigenvalue weighted by molar-refractivity contribution is -0.118. The van der Waals surface area contributed by atoms with Crippen LogP contribution in [0.5, 0.6) is 0 Å². The van der Waals surface area contributed by atoms with E-state index in [1.807, 2.05) is 68.4 Å². The van der Waals surface area contributed by atoms with E-state index in [2.05, 4.69) is 15.5 Å². The van der Waals surface area contributed by atoms with Crippen molar-refractivity contribution in [1.82, 2.24) is 15.4 Å². The van der Waals surface area contributed by atoms with Crippen molar-refractivity contribution in [3.8, 4) is 0 Å². The van der Waals surface area contributed by atoms with E-state index in [0.717, 1.165) is 5.56 Å². The summed E-state index contributed by atoms with van der Waals surface area (Å²) in [7, 11) is 1.77. The van der Waals surface area contributed by atoms with Crippen molar-refractivity contribution < 1.29 is 14.1 Å². The summed E-state index contributed by atoms with van der Waals surface area (Å²) >= 11 is 0. The van der Waals surface area contributed by atoms with E-state index in [1.54, 1.807) is 18.0 Å². The number of amides is 1. The second kappa shape index (κ2) is 7.59. The first-order chi connectivity index (χ1) is 14.3. The van der Waals surface area contributed by atoms with Crippen LogP contribution in [0.2, 0.25) is 0 Å². The number of nitrogens with one attached hydrogen (secondary N) is 1. The zero-order chi connectivity index (χ0) is 21.3. The largest absolute Gasteiger partial charge is 0.336 e. The predicted molar refractivity (Wildman–Crippen MR) is 113 cm³/mol. The second-order valence-corrected chi connectivity index (χ2v) is 7.79. The van der Waals surface area contributed by atoms with Crippen LogP contribution in [0, 0.1) is 0 Å². The van der Waals surface area contributed by atoms with Crippen LogP contribution < -0.4 is 5.32 Å². The number of carbonyl (C=O) groups is 2. The van der Waals surface area contributed by atoms with E-state index in [0.29, 0.717) is 28.7 Å². The van der Waals surface area contributed by atoms with Gasteiger partial charge in [-0.1, -0.05) is 67.5 Å². The van der Waals surface area contributed by atoms with Gasteiger partial charge in [-0.3, -0.25) is 14.9 Å². The van der Waals surface area contributed by atoms with Gasteiger partial charge in [0, 0.05) is 29.7 Å². The van der Waals surface area contributed by atoms with Crippen LogP contribution in [0.4, 0.5) is 5.88 Å². The van der Waals surface area contributed by atoms with Crippen molar-refractivity contribution in [2.75, 3.05) is 13.6 Å². The zero-order valence-electron chi connectivity index (χ0n) is 17.0. The Morgan fingerprint density at radius 2 is 1.83 bits per heavy atom. The fourth-order valence-electron chi connectivity index (χ4n) is 3.33. The molecule has 0 radical (unpaired) electrons. The lowest BCUT2D eigenvalue weighted by atomic mass is 9.80. The van der Waals surface area contributed by atoms with Crippen molar-refractivity contribution >= 4 is 23.5 Å². The minimum absolute atomic E-state index is 0.0273. The third-order valence-electron chi connectivity index (χ3n) is 5.23. The molecule has 0 spiro atoms. The molecule has 1 aliphatic heterocycles. The van der Waals surface area contributed by atoms with Crippen LogP contribution in [0.1, 0.15) is 41.0 Å². The van der Waals surface area contributed by atoms with Crippen LogP contribution in [0.25, 0.3) is 0 Å². The molecule has 2 heterocycles. The molecule has 1 aliphatic rings. The maximum atomic E-state index is 12.8. The summed E-state index contributed by atoms with van der Waals surface area (Å²) in [6, 6.07) is 18.5. The molecule has 0 bridgehead atoms. The fraction of sp³-hybridized carbons (Fsp3) is 0.217. The summed E-state index contributed by atoms with van der Waals surface area (Å²) in [6.45, 7) is 4.28. The molecular weight excluding hydrogens is 380 g/mol. The number of likely N-dealkylation sites (N-methyl/N-ethyl adjacent to an activating group) is 1. The lowest BCUT2D eigenvalue weighted by Gasteiger charge is -2.22. The molecule has 0 atom stereocenters. The number of hydrogen-bond donors (Lipinski definition) is 1. The molecule has 0 saturated carbocycles. The number of hydrogen-bond acceptors (Lipinski definition) is 5. The molecular formula is C23H22N4O3. The molecule has 7 nitrogen and oxygen atoms in total. The van der Waals surface area contributed by atoms with E-state index in [1.165, 1.54) is 0 Å². The smallest absolute Gasteiger partial charge is 0.253 e. The number of aliphatic imine (C=N–C) groups is 1. The maximum Gasteiger partial charge on any atom is 0.253 e. The first-order valence-electron chi connectivity index (χ1n) is 9.62. The molecule has 1 aromatic heterocycles. The Morgan fingerprint density at radius 1 is 1.10 bits per heavy atom. The Morgan fingerprint density at radius 3 is 2.53 bits per heavy atom. The molecule has 7 heteroatoms. The van der Waals surface area contributed by atoms with E-state index in [-0.39, 0.29) is 18.2 Å². The number of nitrogens with zero attached hydrogens (tertiary/aromatic N) is 3. The Bertz CT molecular complexity index is 1130. The van der Waals surface area contributed by atoms with Gasteiger partial charge in [-0.25, -0.2) is 0 Å². The summed E-state index contributed by atoms with van der Waals surface area (Å²) in [6.07, 6.45) is 0. The van der Waals surface area contributed by atoms with Crippen LogP contribution in [-0.4, -0.2) is 41.3 Å². The van der Waals surface area contributed by atoms with Crippen LogP contribution in [0.15, 0.2) is 70.2 Å². The summed E-state index contributed by atoms with van der Waals surface area (Å²) in [5.74, 6) is 0.589. The Balaban J connectivity index is 1.62. The minimum Gasteiger partial charge on any atom is -0.336 e. The number of aromatic nitrogens is 1. The molecule has 1 N–H and O–H groups in total. The van der Waals surface area contributed by atoms with Gasteiger partial charge in [-0.05, 0) is 11.6 Å². The highest BCUT2D eigenvalue weighted by molar-refractivity contribution is 6.09. The summed E-state index contributed by atoms with van der Waals surface area (Å²) in [4.78, 5) is 30.3. The van der Waals surface area contributed by atoms with Gasteiger partial charge in [0.15, 0.2) is 5.78 Å². The first kappa shape index (κ1) is 19.6. The van der Waals surface area contributed by atoms with Crippen LogP contribution >= 0.6 is 0 Å². The van der Waals surface area contributed by atoms with Gasteiger partial charge in [-0.15, -0.1) is 0 Å². The van der Waals surface area contributed by atoms with Gasteiger partial charge in [0.25, 0.3) is 5.88 Å². The van der Waals surface area contributed by atoms with Gasteiger partial charge in [0.05, 0.1) is 12.2 Å². The summed E-state index contributed by atoms with van der Waals surface area (Å²) in [5.41, 5.74) is 2.36. The Kier molecular flexibility index (Phi) is 4.95. The molecule has 152 valence electrons. The van der Waals surface area contributed by atoms with Crippen molar-refractivity contribution in [2.24, 2.45) is 4.99 Å². The second-order valence-electron chi connectivity index (χ2n) is 7.79. The fourth-order valence-corrected chi connectivity index (χ4v) is 3.33. The Hall–Kier alpha value is -3.74. The van der Waals surface area contributed by atoms with Gasteiger partial charge in [0.2, 0.25) is 11.9 Å². The van der Waals surface area contributed by atoms with E-state index < -0.39 is 5.41 Å². The first-order valence-corrected chi connectivity index (χ1v) is 9.62. The molecule has 3 aromatic rings. The van der Waals surface area contributed by atoms with Gasteiger partial charge >= 0.3 is 0 Å². The lowest BCUT2D eigenvalue weighted by Crippen LogP contribution is -2.26. The summed E-state index contributed by atoms with van der Waals surface area (Å²) < 4.78 is 5.38. The molecule has 4 rings (SSSR count). The van der Waals surface area contributed by atoms with Gasteiger partial charge < -0.3 is 9.42 Å². The van der Waals surface area contributed by atoms with Gasteiger partial charge in [0.1, 0.15) is 0 Å². The Labute approximate surface area is 174 Å². The summed E-state index contributed by atoms with van der Waals surface area (Å²) in [5, 5.41) is 6.86. The zero-order valence-corrected chi connectivity index (χ0v) is 17.0. The standard InChI is InChI=1S/C23H22N4O3/c1-23(2,18-13-20(30-26-18)25-22-24-19(28)14-27(22)3)17-11-7-10-16(12-17)21(29)15-8-5-4-6-9-15/h4-13H,14H2,1-3H3,(H,24,25,28). The number of rotatable bonds is 5. The number of guanidine groups is 1. The predicted octanol–water partition coefficient (Wildman–Crippen LogP) is 3.28. The minimum atomic E-state index is -0.514. The van der Waals surface area contributed by atoms with Crippen molar-refractivity contribution in [2.45, 2.75) is 19.3 Å². The van der Waals surface area contributed by atoms with Gasteiger partial charge in [-0.2, -0.15) is 4.99 Å². The average Bonchev–Trinajstić information content (AvgIpc) is 3.35. The molecule has 0 unspecified atom stereocenters. The quantitative estimate of drug-likeness (QED) is 0.662. The van der Waals surface area contributed by atoms with E-state index >= 15 is 0 Å². The molecule has 1 fully saturated rings. The highest BCUT2D eigenvalue weighted by Gasteiger charge is 2.29. The number of carbonyl (C=O) groups excluding carboxylic acids is 2. The topological polar surface area (TPSA) is 87.8 Å². The van der Waals surface area contributed by atoms with Crippen molar-refractivity contribution in [3.63, 3.8) is 0 Å². The maximum absolute atomic E-state index is 12.8. The SMILES string of the molecule is CN1CC(=O)N/C1=N\c1cc(C(C)(C)c2cccc(C(=O)c3ccccc3)c2)no1. The molecule has 30 heavy (non-hydrogen) atoms. The highest BCUT2D eigenvalue weighted by atomic mass is 16.5. The normalized spacial score (nSPS) is 15.5. The van der Waals surface area contributed by atoms with E-state index in [9.17, 15) is 9.59 Å². The molecule has 1 amide bonds. The third-order valence-corrected chi connectivity index (χ3v) is 5.23. The van der Waals surface area contributed by atoms with Crippen LogP contribution in [0.3, 0.4) is 0 Å². The highest BCUT2D eigenvalue weighted by Crippen LogP contribution is 2.33. The van der Waals surface area contributed by atoms with E-state index in [4.69, 9.17) is 4.52 Å².